The van der Waals surface area contributed by atoms with Gasteiger partial charge in [0.25, 0.3) is 0 Å². The number of hydrogen-bond acceptors (Lipinski definition) is 0. The third kappa shape index (κ3) is 0.892. The molecule has 0 heteroatoms. The molecule has 1 aromatic rings. The highest BCUT2D eigenvalue weighted by molar-refractivity contribution is 5.41. The normalized spacial score (nSPS) is 42.0. The van der Waals surface area contributed by atoms with Crippen molar-refractivity contribution in [3.8, 4) is 0 Å². The van der Waals surface area contributed by atoms with E-state index in [0.29, 0.717) is 0 Å². The summed E-state index contributed by atoms with van der Waals surface area (Å²) in [6, 6.07) is 6.96. The van der Waals surface area contributed by atoms with E-state index in [1.54, 1.807) is 11.1 Å². The van der Waals surface area contributed by atoms with Crippen LogP contribution in [0, 0.1) is 11.8 Å². The maximum atomic E-state index is 2.43. The highest BCUT2D eigenvalue weighted by atomic mass is 14.5. The van der Waals surface area contributed by atoms with Crippen LogP contribution in [-0.2, 0) is 0 Å². The molecule has 1 saturated carbocycles. The molecule has 2 bridgehead atoms. The monoisotopic (exact) mass is 173 g/mol. The van der Waals surface area contributed by atoms with Crippen LogP contribution in [0.1, 0.15) is 49.7 Å². The van der Waals surface area contributed by atoms with Crippen LogP contribution in [-0.4, -0.2) is 0 Å². The molecule has 4 unspecified atom stereocenters. The fourth-order valence-corrected chi connectivity index (χ4v) is 3.58. The van der Waals surface area contributed by atoms with Gasteiger partial charge in [-0.1, -0.05) is 26.2 Å². The highest BCUT2D eigenvalue weighted by Crippen LogP contribution is 2.55. The van der Waals surface area contributed by atoms with Crippen molar-refractivity contribution in [3.05, 3.63) is 29.3 Å². The lowest BCUT2D eigenvalue weighted by molar-refractivity contribution is 0.202. The zero-order chi connectivity index (χ0) is 9.00. The summed E-state index contributed by atoms with van der Waals surface area (Å²) in [5.41, 5.74) is 3.36. The lowest BCUT2D eigenvalue weighted by atomic mass is 9.59. The van der Waals surface area contributed by atoms with Gasteiger partial charge in [0.15, 0.2) is 0 Å². The average Bonchev–Trinajstić information content (AvgIpc) is 2.56. The van der Waals surface area contributed by atoms with Crippen LogP contribution in [0.3, 0.4) is 0 Å². The first-order chi connectivity index (χ1) is 6.27. The van der Waals surface area contributed by atoms with E-state index in [0.717, 1.165) is 23.7 Å². The van der Waals surface area contributed by atoms with E-state index < -0.39 is 0 Å². The summed E-state index contributed by atoms with van der Waals surface area (Å²) in [5.74, 6) is 3.61. The minimum atomic E-state index is 0.880. The Labute approximate surface area is 80.3 Å². The Kier molecular flexibility index (Phi) is 1.45. The maximum Gasteiger partial charge on any atom is -0.0365 e. The van der Waals surface area contributed by atoms with Crippen molar-refractivity contribution in [2.24, 2.45) is 11.8 Å². The third-order valence-electron chi connectivity index (χ3n) is 4.31. The van der Waals surface area contributed by atoms with E-state index in [-0.39, 0.29) is 0 Å². The smallest absolute Gasteiger partial charge is 0.0365 e. The van der Waals surface area contributed by atoms with Crippen molar-refractivity contribution >= 4 is 0 Å². The van der Waals surface area contributed by atoms with Gasteiger partial charge in [0.2, 0.25) is 0 Å². The average molecular weight is 173 g/mol. The second kappa shape index (κ2) is 2.43. The molecule has 1 fully saturated rings. The van der Waals surface area contributed by atoms with Crippen LogP contribution in [0.5, 0.6) is 0 Å². The van der Waals surface area contributed by atoms with Crippen LogP contribution in [0.2, 0.25) is 0 Å². The van der Waals surface area contributed by atoms with Crippen molar-refractivity contribution in [1.82, 2.24) is 0 Å². The number of rotatable bonds is 0. The summed E-state index contributed by atoms with van der Waals surface area (Å²) in [7, 11) is 0. The zero-order valence-corrected chi connectivity index (χ0v) is 8.46. The van der Waals surface area contributed by atoms with Gasteiger partial charge in [0, 0.05) is 0 Å². The van der Waals surface area contributed by atoms with E-state index in [2.05, 4.69) is 32.0 Å². The summed E-state index contributed by atoms with van der Waals surface area (Å²) in [6.07, 6.45) is 2.87. The van der Waals surface area contributed by atoms with Crippen LogP contribution in [0.25, 0.3) is 0 Å². The summed E-state index contributed by atoms with van der Waals surface area (Å²) in [6.45, 7) is 4.86. The van der Waals surface area contributed by atoms with E-state index in [1.807, 2.05) is 0 Å². The Balaban J connectivity index is 2.14. The molecular weight excluding hydrogens is 156 g/mol. The molecular formula is C13H17-. The van der Waals surface area contributed by atoms with Crippen molar-refractivity contribution in [2.75, 3.05) is 0 Å². The Bertz CT molecular complexity index is 290. The Morgan fingerprint density at radius 2 is 2.08 bits per heavy atom. The molecule has 4 atom stereocenters. The van der Waals surface area contributed by atoms with Crippen molar-refractivity contribution < 1.29 is 0 Å². The summed E-state index contributed by atoms with van der Waals surface area (Å²) in [4.78, 5) is 0. The first-order valence-electron chi connectivity index (χ1n) is 5.53. The lowest BCUT2D eigenvalue weighted by Gasteiger charge is -2.49. The van der Waals surface area contributed by atoms with Gasteiger partial charge in [-0.2, -0.15) is 17.2 Å². The molecule has 0 spiro atoms. The van der Waals surface area contributed by atoms with Crippen molar-refractivity contribution in [1.29, 1.82) is 0 Å². The number of hydrogen-bond donors (Lipinski definition) is 0. The van der Waals surface area contributed by atoms with Crippen LogP contribution < -0.4 is 0 Å². The lowest BCUT2D eigenvalue weighted by Crippen LogP contribution is -2.32. The van der Waals surface area contributed by atoms with Gasteiger partial charge < -0.3 is 0 Å². The first kappa shape index (κ1) is 7.73. The van der Waals surface area contributed by atoms with Gasteiger partial charge >= 0.3 is 0 Å². The Morgan fingerprint density at radius 1 is 1.23 bits per heavy atom. The molecule has 70 valence electrons. The second-order valence-electron chi connectivity index (χ2n) is 5.08. The molecule has 0 N–H and O–H groups in total. The van der Waals surface area contributed by atoms with Crippen molar-refractivity contribution in [2.45, 2.75) is 38.5 Å². The molecule has 4 rings (SSSR count). The molecule has 0 aliphatic heterocycles. The van der Waals surface area contributed by atoms with Gasteiger partial charge in [-0.05, 0) is 24.2 Å². The summed E-state index contributed by atoms with van der Waals surface area (Å²) < 4.78 is 0. The molecule has 0 amide bonds. The van der Waals surface area contributed by atoms with Gasteiger partial charge in [0.1, 0.15) is 0 Å². The predicted octanol–water partition coefficient (Wildman–Crippen LogP) is 3.65. The van der Waals surface area contributed by atoms with Crippen LogP contribution in [0.4, 0.5) is 0 Å². The Morgan fingerprint density at radius 3 is 2.92 bits per heavy atom. The fourth-order valence-electron chi connectivity index (χ4n) is 3.58. The Hall–Kier alpha value is -0.650. The van der Waals surface area contributed by atoms with Crippen LogP contribution in [0.15, 0.2) is 18.2 Å². The SMILES string of the molecule is CC1CC2[c-]3cccc3C1CC2C. The molecule has 0 aromatic heterocycles. The molecule has 0 saturated heterocycles. The van der Waals surface area contributed by atoms with Gasteiger partial charge in [-0.3, -0.25) is 0 Å². The van der Waals surface area contributed by atoms with E-state index in [9.17, 15) is 0 Å². The largest absolute Gasteiger partial charge is 0.213 e. The molecule has 13 heavy (non-hydrogen) atoms. The molecule has 1 aromatic carbocycles. The predicted molar refractivity (Wildman–Crippen MR) is 55.1 cm³/mol. The van der Waals surface area contributed by atoms with Crippen LogP contribution >= 0.6 is 0 Å². The summed E-state index contributed by atoms with van der Waals surface area (Å²) in [5, 5.41) is 0. The molecule has 3 aliphatic carbocycles. The van der Waals surface area contributed by atoms with Crippen molar-refractivity contribution in [3.63, 3.8) is 0 Å². The van der Waals surface area contributed by atoms with E-state index in [4.69, 9.17) is 0 Å². The van der Waals surface area contributed by atoms with Gasteiger partial charge in [0.05, 0.1) is 0 Å². The molecule has 0 nitrogen and oxygen atoms in total. The third-order valence-corrected chi connectivity index (χ3v) is 4.31. The topological polar surface area (TPSA) is 0 Å². The fraction of sp³-hybridized carbons (Fsp3) is 0.615. The van der Waals surface area contributed by atoms with E-state index in [1.165, 1.54) is 12.8 Å². The van der Waals surface area contributed by atoms with Gasteiger partial charge in [-0.25, -0.2) is 12.1 Å². The molecule has 0 radical (unpaired) electrons. The first-order valence-corrected chi connectivity index (χ1v) is 5.53. The highest BCUT2D eigenvalue weighted by Gasteiger charge is 2.37. The minimum Gasteiger partial charge on any atom is -0.213 e. The van der Waals surface area contributed by atoms with Gasteiger partial charge in [-0.15, -0.1) is 0 Å². The molecule has 0 heterocycles. The second-order valence-corrected chi connectivity index (χ2v) is 5.08. The molecule has 3 aliphatic rings. The quantitative estimate of drug-likeness (QED) is 0.525. The minimum absolute atomic E-state index is 0.880. The maximum absolute atomic E-state index is 2.43. The standard InChI is InChI=1S/C13H17/c1-8-6-13-9(2)7-12(8)10-4-3-5-11(10)13/h3-5,8-9,12-13H,6-7H2,1-2H3/q-1. The van der Waals surface area contributed by atoms with E-state index >= 15 is 0 Å². The summed E-state index contributed by atoms with van der Waals surface area (Å²) >= 11 is 0. The number of fused-ring (bicyclic) bond motifs is 2. The zero-order valence-electron chi connectivity index (χ0n) is 8.46.